The first-order valence-corrected chi connectivity index (χ1v) is 11.9. The van der Waals surface area contributed by atoms with Crippen molar-refractivity contribution in [1.82, 2.24) is 4.90 Å². The van der Waals surface area contributed by atoms with Crippen LogP contribution in [0.5, 0.6) is 5.75 Å². The van der Waals surface area contributed by atoms with Gasteiger partial charge in [-0.2, -0.15) is 13.7 Å². The normalized spacial score (nSPS) is 16.7. The maximum Gasteiger partial charge on any atom is 0.284 e. The van der Waals surface area contributed by atoms with Crippen LogP contribution in [-0.4, -0.2) is 44.8 Å². The zero-order valence-corrected chi connectivity index (χ0v) is 18.9. The summed E-state index contributed by atoms with van der Waals surface area (Å²) in [7, 11) is -2.06. The van der Waals surface area contributed by atoms with E-state index in [9.17, 15) is 13.2 Å². The molecule has 1 aliphatic rings. The Morgan fingerprint density at radius 2 is 1.97 bits per heavy atom. The lowest BCUT2D eigenvalue weighted by Gasteiger charge is -2.18. The number of anilines is 1. The predicted octanol–water partition coefficient (Wildman–Crippen LogP) is 3.56. The molecular formula is C23H26N4O4S. The van der Waals surface area contributed by atoms with Gasteiger partial charge in [-0.05, 0) is 56.2 Å². The lowest BCUT2D eigenvalue weighted by atomic mass is 10.2. The Labute approximate surface area is 188 Å². The molecule has 3 rings (SSSR count). The summed E-state index contributed by atoms with van der Waals surface area (Å²) in [4.78, 5) is 14.4. The SMILES string of the molecule is CC(Oc1cccc(C#N)c1)C(=O)Nc1cccc(S(=O)(=O)/N=C2/CCCCCN2C)c1. The number of ether oxygens (including phenoxy) is 1. The first-order chi connectivity index (χ1) is 15.3. The van der Waals surface area contributed by atoms with E-state index in [1.165, 1.54) is 12.1 Å². The summed E-state index contributed by atoms with van der Waals surface area (Å²) in [6.07, 6.45) is 2.73. The fourth-order valence-electron chi connectivity index (χ4n) is 3.31. The van der Waals surface area contributed by atoms with Gasteiger partial charge in [0.2, 0.25) is 0 Å². The highest BCUT2D eigenvalue weighted by Gasteiger charge is 2.20. The van der Waals surface area contributed by atoms with Gasteiger partial charge in [0, 0.05) is 25.7 Å². The van der Waals surface area contributed by atoms with Crippen LogP contribution in [0.15, 0.2) is 57.8 Å². The number of likely N-dealkylation sites (tertiary alicyclic amines) is 1. The van der Waals surface area contributed by atoms with Gasteiger partial charge in [-0.15, -0.1) is 4.40 Å². The molecule has 1 atom stereocenters. The predicted molar refractivity (Wildman–Crippen MR) is 122 cm³/mol. The first kappa shape index (κ1) is 23.3. The molecule has 0 radical (unpaired) electrons. The Morgan fingerprint density at radius 3 is 2.75 bits per heavy atom. The molecule has 0 aliphatic carbocycles. The molecule has 0 aromatic heterocycles. The minimum atomic E-state index is -3.91. The van der Waals surface area contributed by atoms with E-state index >= 15 is 0 Å². The molecule has 1 saturated heterocycles. The Hall–Kier alpha value is -3.38. The fraction of sp³-hybridized carbons (Fsp3) is 0.348. The lowest BCUT2D eigenvalue weighted by molar-refractivity contribution is -0.122. The molecule has 32 heavy (non-hydrogen) atoms. The molecule has 1 amide bonds. The Balaban J connectivity index is 1.72. The largest absolute Gasteiger partial charge is 0.481 e. The molecule has 9 heteroatoms. The lowest BCUT2D eigenvalue weighted by Crippen LogP contribution is -2.30. The molecule has 1 unspecified atom stereocenters. The highest BCUT2D eigenvalue weighted by molar-refractivity contribution is 7.90. The number of nitrogens with zero attached hydrogens (tertiary/aromatic N) is 3. The number of rotatable bonds is 6. The second-order valence-electron chi connectivity index (χ2n) is 7.63. The number of hydrogen-bond acceptors (Lipinski definition) is 5. The van der Waals surface area contributed by atoms with Crippen molar-refractivity contribution in [2.45, 2.75) is 43.6 Å². The second kappa shape index (κ2) is 10.3. The Morgan fingerprint density at radius 1 is 1.19 bits per heavy atom. The fourth-order valence-corrected chi connectivity index (χ4v) is 4.45. The van der Waals surface area contributed by atoms with Gasteiger partial charge in [0.1, 0.15) is 11.6 Å². The van der Waals surface area contributed by atoms with Gasteiger partial charge in [-0.1, -0.05) is 18.6 Å². The van der Waals surface area contributed by atoms with E-state index in [4.69, 9.17) is 10.00 Å². The van der Waals surface area contributed by atoms with Crippen LogP contribution in [-0.2, 0) is 14.8 Å². The minimum absolute atomic E-state index is 0.00994. The number of benzene rings is 2. The van der Waals surface area contributed by atoms with Crippen LogP contribution in [0.4, 0.5) is 5.69 Å². The summed E-state index contributed by atoms with van der Waals surface area (Å²) in [5.41, 5.74) is 0.751. The summed E-state index contributed by atoms with van der Waals surface area (Å²) in [5, 5.41) is 11.7. The number of nitrogens with one attached hydrogen (secondary N) is 1. The molecule has 2 aromatic rings. The minimum Gasteiger partial charge on any atom is -0.481 e. The average Bonchev–Trinajstić information content (AvgIpc) is 2.97. The summed E-state index contributed by atoms with van der Waals surface area (Å²) in [6.45, 7) is 2.35. The van der Waals surface area contributed by atoms with Crippen LogP contribution in [0.1, 0.15) is 38.2 Å². The van der Waals surface area contributed by atoms with Crippen molar-refractivity contribution in [2.24, 2.45) is 4.40 Å². The van der Waals surface area contributed by atoms with Gasteiger partial charge in [0.05, 0.1) is 16.5 Å². The van der Waals surface area contributed by atoms with Crippen LogP contribution < -0.4 is 10.1 Å². The van der Waals surface area contributed by atoms with Gasteiger partial charge < -0.3 is 15.0 Å². The summed E-state index contributed by atoms with van der Waals surface area (Å²) in [5.74, 6) is 0.502. The molecule has 1 fully saturated rings. The highest BCUT2D eigenvalue weighted by Crippen LogP contribution is 2.21. The van der Waals surface area contributed by atoms with Crippen molar-refractivity contribution in [3.63, 3.8) is 0 Å². The second-order valence-corrected chi connectivity index (χ2v) is 9.24. The van der Waals surface area contributed by atoms with E-state index in [2.05, 4.69) is 9.71 Å². The van der Waals surface area contributed by atoms with Crippen LogP contribution in [0, 0.1) is 11.3 Å². The standard InChI is InChI=1S/C23H26N4O4S/c1-17(31-20-10-6-8-18(14-20)16-24)23(28)25-19-9-7-11-21(15-19)32(29,30)26-22-12-4-3-5-13-27(22)2/h6-11,14-15,17H,3-5,12-13H2,1-2H3,(H,25,28)/b26-22-. The van der Waals surface area contributed by atoms with Gasteiger partial charge in [-0.25, -0.2) is 0 Å². The molecule has 0 saturated carbocycles. The number of carbonyl (C=O) groups is 1. The topological polar surface area (TPSA) is 112 Å². The number of amides is 1. The number of hydrogen-bond donors (Lipinski definition) is 1. The zero-order chi connectivity index (χ0) is 23.1. The van der Waals surface area contributed by atoms with Crippen molar-refractivity contribution >= 4 is 27.5 Å². The highest BCUT2D eigenvalue weighted by atomic mass is 32.2. The van der Waals surface area contributed by atoms with Crippen LogP contribution in [0.25, 0.3) is 0 Å². The molecule has 1 heterocycles. The quantitative estimate of drug-likeness (QED) is 0.714. The summed E-state index contributed by atoms with van der Waals surface area (Å²) < 4.78 is 35.4. The smallest absolute Gasteiger partial charge is 0.284 e. The molecule has 1 aliphatic heterocycles. The maximum absolute atomic E-state index is 12.9. The summed E-state index contributed by atoms with van der Waals surface area (Å²) in [6, 6.07) is 14.5. The first-order valence-electron chi connectivity index (χ1n) is 10.4. The van der Waals surface area contributed by atoms with Gasteiger partial charge in [0.15, 0.2) is 6.10 Å². The van der Waals surface area contributed by atoms with Crippen molar-refractivity contribution in [3.05, 3.63) is 54.1 Å². The third kappa shape index (κ3) is 6.08. The van der Waals surface area contributed by atoms with Gasteiger partial charge in [0.25, 0.3) is 15.9 Å². The molecule has 0 spiro atoms. The third-order valence-electron chi connectivity index (χ3n) is 5.10. The molecule has 2 aromatic carbocycles. The van der Waals surface area contributed by atoms with Crippen LogP contribution in [0.2, 0.25) is 0 Å². The van der Waals surface area contributed by atoms with Crippen molar-refractivity contribution < 1.29 is 17.9 Å². The van der Waals surface area contributed by atoms with Crippen LogP contribution >= 0.6 is 0 Å². The van der Waals surface area contributed by atoms with Crippen molar-refractivity contribution in [3.8, 4) is 11.8 Å². The molecular weight excluding hydrogens is 428 g/mol. The van der Waals surface area contributed by atoms with E-state index in [0.29, 0.717) is 29.3 Å². The van der Waals surface area contributed by atoms with Crippen LogP contribution in [0.3, 0.4) is 0 Å². The Bertz CT molecular complexity index is 1150. The number of nitriles is 1. The maximum atomic E-state index is 12.9. The zero-order valence-electron chi connectivity index (χ0n) is 18.1. The Kier molecular flexibility index (Phi) is 7.49. The van der Waals surface area contributed by atoms with Gasteiger partial charge in [-0.3, -0.25) is 4.79 Å². The monoisotopic (exact) mass is 454 g/mol. The third-order valence-corrected chi connectivity index (χ3v) is 6.41. The molecule has 0 bridgehead atoms. The number of amidine groups is 1. The van der Waals surface area contributed by atoms with E-state index in [1.807, 2.05) is 18.0 Å². The molecule has 168 valence electrons. The number of sulfonamides is 1. The van der Waals surface area contributed by atoms with E-state index in [-0.39, 0.29) is 4.90 Å². The van der Waals surface area contributed by atoms with E-state index < -0.39 is 22.0 Å². The number of carbonyl (C=O) groups excluding carboxylic acids is 1. The van der Waals surface area contributed by atoms with E-state index in [1.54, 1.807) is 43.3 Å². The van der Waals surface area contributed by atoms with Gasteiger partial charge >= 0.3 is 0 Å². The van der Waals surface area contributed by atoms with Crippen molar-refractivity contribution in [2.75, 3.05) is 18.9 Å². The van der Waals surface area contributed by atoms with E-state index in [0.717, 1.165) is 25.8 Å². The summed E-state index contributed by atoms with van der Waals surface area (Å²) >= 11 is 0. The molecule has 1 N–H and O–H groups in total. The molecule has 8 nitrogen and oxygen atoms in total. The average molecular weight is 455 g/mol. The van der Waals surface area contributed by atoms with Crippen molar-refractivity contribution in [1.29, 1.82) is 5.26 Å².